The summed E-state index contributed by atoms with van der Waals surface area (Å²) in [6.07, 6.45) is -0.783. The molecule has 0 spiro atoms. The highest BCUT2D eigenvalue weighted by Crippen LogP contribution is 2.22. The number of hydrogen-bond donors (Lipinski definition) is 2. The molecule has 0 saturated carbocycles. The molecule has 1 aromatic heterocycles. The average Bonchev–Trinajstić information content (AvgIpc) is 2.73. The highest BCUT2D eigenvalue weighted by Gasteiger charge is 2.18. The fourth-order valence-corrected chi connectivity index (χ4v) is 2.98. The number of nitrogens with one attached hydrogen (secondary N) is 2. The topological polar surface area (TPSA) is 89.6 Å². The van der Waals surface area contributed by atoms with E-state index in [0.717, 1.165) is 22.0 Å². The molecule has 156 valence electrons. The van der Waals surface area contributed by atoms with E-state index in [1.54, 1.807) is 39.2 Å². The van der Waals surface area contributed by atoms with Crippen LogP contribution in [0.15, 0.2) is 42.5 Å². The number of methoxy groups -OCH3 is 1. The highest BCUT2D eigenvalue weighted by molar-refractivity contribution is 5.99. The first kappa shape index (κ1) is 21.1. The highest BCUT2D eigenvalue weighted by atomic mass is 16.5. The van der Waals surface area contributed by atoms with Crippen molar-refractivity contribution in [3.8, 4) is 11.5 Å². The van der Waals surface area contributed by atoms with Crippen molar-refractivity contribution in [3.05, 3.63) is 64.8 Å². The van der Waals surface area contributed by atoms with Crippen molar-refractivity contribution in [2.75, 3.05) is 7.11 Å². The second-order valence-electron chi connectivity index (χ2n) is 7.08. The number of benzene rings is 2. The Balaban J connectivity index is 1.66. The van der Waals surface area contributed by atoms with Gasteiger partial charge in [0.25, 0.3) is 11.8 Å². The molecule has 1 unspecified atom stereocenters. The van der Waals surface area contributed by atoms with E-state index in [2.05, 4.69) is 15.8 Å². The number of aryl methyl sites for hydroxylation is 2. The van der Waals surface area contributed by atoms with Crippen molar-refractivity contribution in [1.29, 1.82) is 0 Å². The number of fused-ring (bicyclic) bond motifs is 1. The van der Waals surface area contributed by atoms with Gasteiger partial charge in [0.05, 0.1) is 23.9 Å². The van der Waals surface area contributed by atoms with Crippen LogP contribution in [0.3, 0.4) is 0 Å². The maximum absolute atomic E-state index is 12.6. The Morgan fingerprint density at radius 2 is 1.80 bits per heavy atom. The Labute approximate surface area is 175 Å². The number of amides is 2. The van der Waals surface area contributed by atoms with Crippen LogP contribution in [0, 0.1) is 20.8 Å². The molecule has 0 radical (unpaired) electrons. The van der Waals surface area contributed by atoms with Gasteiger partial charge >= 0.3 is 0 Å². The van der Waals surface area contributed by atoms with Crippen LogP contribution in [-0.4, -0.2) is 30.0 Å². The quantitative estimate of drug-likeness (QED) is 0.633. The third kappa shape index (κ3) is 4.51. The van der Waals surface area contributed by atoms with Crippen molar-refractivity contribution in [1.82, 2.24) is 15.8 Å². The van der Waals surface area contributed by atoms with Gasteiger partial charge in [-0.25, -0.2) is 0 Å². The minimum absolute atomic E-state index is 0.371. The molecule has 1 heterocycles. The molecule has 2 amide bonds. The number of ether oxygens (including phenoxy) is 2. The smallest absolute Gasteiger partial charge is 0.279 e. The van der Waals surface area contributed by atoms with Crippen molar-refractivity contribution in [2.45, 2.75) is 33.8 Å². The van der Waals surface area contributed by atoms with E-state index in [0.29, 0.717) is 22.8 Å². The Bertz CT molecular complexity index is 1110. The van der Waals surface area contributed by atoms with Crippen LogP contribution in [0.4, 0.5) is 0 Å². The molecule has 1 atom stereocenters. The summed E-state index contributed by atoms with van der Waals surface area (Å²) in [5.41, 5.74) is 8.54. The monoisotopic (exact) mass is 407 g/mol. The van der Waals surface area contributed by atoms with Crippen molar-refractivity contribution in [3.63, 3.8) is 0 Å². The van der Waals surface area contributed by atoms with Gasteiger partial charge in [-0.3, -0.25) is 25.4 Å². The van der Waals surface area contributed by atoms with Crippen molar-refractivity contribution >= 4 is 22.7 Å². The molecular weight excluding hydrogens is 382 g/mol. The largest absolute Gasteiger partial charge is 0.497 e. The van der Waals surface area contributed by atoms with Gasteiger partial charge in [-0.05, 0) is 63.1 Å². The number of carbonyl (C=O) groups is 2. The zero-order valence-electron chi connectivity index (χ0n) is 17.7. The molecule has 0 aliphatic carbocycles. The average molecular weight is 407 g/mol. The summed E-state index contributed by atoms with van der Waals surface area (Å²) < 4.78 is 10.9. The van der Waals surface area contributed by atoms with Gasteiger partial charge in [0.2, 0.25) is 0 Å². The zero-order chi connectivity index (χ0) is 21.8. The molecule has 2 N–H and O–H groups in total. The number of hydrogen-bond acceptors (Lipinski definition) is 5. The fourth-order valence-electron chi connectivity index (χ4n) is 2.98. The van der Waals surface area contributed by atoms with E-state index in [-0.39, 0.29) is 0 Å². The number of pyridine rings is 1. The molecule has 0 bridgehead atoms. The van der Waals surface area contributed by atoms with Crippen LogP contribution in [0.2, 0.25) is 0 Å². The number of nitrogens with zero attached hydrogens (tertiary/aromatic N) is 1. The summed E-state index contributed by atoms with van der Waals surface area (Å²) in [4.78, 5) is 29.4. The lowest BCUT2D eigenvalue weighted by molar-refractivity contribution is -0.128. The predicted molar refractivity (Wildman–Crippen MR) is 115 cm³/mol. The Morgan fingerprint density at radius 3 is 2.53 bits per heavy atom. The van der Waals surface area contributed by atoms with Gasteiger partial charge in [-0.2, -0.15) is 0 Å². The van der Waals surface area contributed by atoms with E-state index in [1.807, 2.05) is 38.1 Å². The Morgan fingerprint density at radius 1 is 1.03 bits per heavy atom. The molecule has 2 aromatic carbocycles. The maximum Gasteiger partial charge on any atom is 0.279 e. The zero-order valence-corrected chi connectivity index (χ0v) is 17.7. The molecular formula is C23H25N3O4. The predicted octanol–water partition coefficient (Wildman–Crippen LogP) is 3.40. The fraction of sp³-hybridized carbons (Fsp3) is 0.261. The number of hydrazine groups is 1. The third-order valence-corrected chi connectivity index (χ3v) is 4.99. The number of carbonyl (C=O) groups excluding carboxylic acids is 2. The SMILES string of the molecule is COc1ccc2cc(C(=O)NNC(=O)C(C)Oc3cccc(C)c3C)c(C)nc2c1. The molecule has 3 aromatic rings. The first-order chi connectivity index (χ1) is 14.3. The van der Waals surface area contributed by atoms with Gasteiger partial charge < -0.3 is 9.47 Å². The number of rotatable bonds is 5. The third-order valence-electron chi connectivity index (χ3n) is 4.99. The van der Waals surface area contributed by atoms with Gasteiger partial charge in [-0.1, -0.05) is 12.1 Å². The first-order valence-corrected chi connectivity index (χ1v) is 9.58. The molecule has 30 heavy (non-hydrogen) atoms. The van der Waals surface area contributed by atoms with Crippen LogP contribution in [0.25, 0.3) is 10.9 Å². The van der Waals surface area contributed by atoms with Crippen LogP contribution in [-0.2, 0) is 4.79 Å². The van der Waals surface area contributed by atoms with Crippen LogP contribution in [0.1, 0.15) is 34.1 Å². The van der Waals surface area contributed by atoms with Crippen molar-refractivity contribution < 1.29 is 19.1 Å². The van der Waals surface area contributed by atoms with Crippen LogP contribution in [0.5, 0.6) is 11.5 Å². The summed E-state index contributed by atoms with van der Waals surface area (Å²) in [5, 5.41) is 0.796. The minimum Gasteiger partial charge on any atom is -0.497 e. The van der Waals surface area contributed by atoms with E-state index >= 15 is 0 Å². The summed E-state index contributed by atoms with van der Waals surface area (Å²) in [7, 11) is 1.59. The van der Waals surface area contributed by atoms with Crippen LogP contribution >= 0.6 is 0 Å². The summed E-state index contributed by atoms with van der Waals surface area (Å²) in [6.45, 7) is 7.27. The lowest BCUT2D eigenvalue weighted by Gasteiger charge is -2.17. The minimum atomic E-state index is -0.783. The summed E-state index contributed by atoms with van der Waals surface area (Å²) in [5.74, 6) is 0.413. The Hall–Kier alpha value is -3.61. The summed E-state index contributed by atoms with van der Waals surface area (Å²) >= 11 is 0. The van der Waals surface area contributed by atoms with Crippen LogP contribution < -0.4 is 20.3 Å². The standard InChI is InChI=1S/C23H25N3O4/c1-13-7-6-8-21(14(13)2)30-16(4)22(27)25-26-23(28)19-11-17-9-10-18(29-5)12-20(17)24-15(19)3/h6-12,16H,1-5H3,(H,25,27)(H,26,28). The van der Waals surface area contributed by atoms with E-state index < -0.39 is 17.9 Å². The van der Waals surface area contributed by atoms with Crippen molar-refractivity contribution in [2.24, 2.45) is 0 Å². The molecule has 3 rings (SSSR count). The van der Waals surface area contributed by atoms with Gasteiger partial charge in [0, 0.05) is 11.5 Å². The second kappa shape index (κ2) is 8.82. The van der Waals surface area contributed by atoms with E-state index in [1.165, 1.54) is 0 Å². The number of aromatic nitrogens is 1. The summed E-state index contributed by atoms with van der Waals surface area (Å²) in [6, 6.07) is 12.8. The molecule has 0 fully saturated rings. The van der Waals surface area contributed by atoms with E-state index in [4.69, 9.17) is 9.47 Å². The molecule has 7 heteroatoms. The van der Waals surface area contributed by atoms with E-state index in [9.17, 15) is 9.59 Å². The molecule has 0 aliphatic rings. The Kier molecular flexibility index (Phi) is 6.20. The molecule has 7 nitrogen and oxygen atoms in total. The van der Waals surface area contributed by atoms with Gasteiger partial charge in [0.15, 0.2) is 6.10 Å². The molecule has 0 aliphatic heterocycles. The van der Waals surface area contributed by atoms with Gasteiger partial charge in [0.1, 0.15) is 11.5 Å². The first-order valence-electron chi connectivity index (χ1n) is 9.58. The normalized spacial score (nSPS) is 11.6. The van der Waals surface area contributed by atoms with Gasteiger partial charge in [-0.15, -0.1) is 0 Å². The lowest BCUT2D eigenvalue weighted by Crippen LogP contribution is -2.47. The second-order valence-corrected chi connectivity index (χ2v) is 7.08. The lowest BCUT2D eigenvalue weighted by atomic mass is 10.1. The maximum atomic E-state index is 12.6. The molecule has 0 saturated heterocycles.